The summed E-state index contributed by atoms with van der Waals surface area (Å²) in [5.41, 5.74) is 2.42. The van der Waals surface area contributed by atoms with Crippen molar-refractivity contribution < 1.29 is 9.59 Å². The normalized spacial score (nSPS) is 10.0. The zero-order chi connectivity index (χ0) is 18.4. The molecule has 2 amide bonds. The van der Waals surface area contributed by atoms with Gasteiger partial charge in [0, 0.05) is 30.6 Å². The van der Waals surface area contributed by atoms with Gasteiger partial charge in [-0.05, 0) is 36.8 Å². The lowest BCUT2D eigenvalue weighted by Gasteiger charge is -2.21. The zero-order valence-electron chi connectivity index (χ0n) is 14.0. The molecule has 5 nitrogen and oxygen atoms in total. The van der Waals surface area contributed by atoms with Crippen LogP contribution in [-0.4, -0.2) is 18.4 Å². The number of hydrogen-bond acceptors (Lipinski definition) is 3. The summed E-state index contributed by atoms with van der Waals surface area (Å²) in [6.45, 7) is 3.54. The number of halogens is 1. The average molecular weight is 356 g/mol. The summed E-state index contributed by atoms with van der Waals surface area (Å²) in [4.78, 5) is 25.6. The minimum Gasteiger partial charge on any atom is -0.325 e. The largest absolute Gasteiger partial charge is 0.325 e. The number of carbonyl (C=O) groups excluding carboxylic acids is 2. The van der Waals surface area contributed by atoms with Crippen molar-refractivity contribution in [3.8, 4) is 6.07 Å². The van der Waals surface area contributed by atoms with Crippen molar-refractivity contribution in [2.75, 3.05) is 16.8 Å². The van der Waals surface area contributed by atoms with Crippen LogP contribution in [0.2, 0.25) is 5.02 Å². The van der Waals surface area contributed by atoms with Gasteiger partial charge in [-0.25, -0.2) is 0 Å². The van der Waals surface area contributed by atoms with Gasteiger partial charge in [0.15, 0.2) is 0 Å². The highest BCUT2D eigenvalue weighted by molar-refractivity contribution is 6.31. The Kier molecular flexibility index (Phi) is 6.15. The van der Waals surface area contributed by atoms with Gasteiger partial charge < -0.3 is 10.2 Å². The second kappa shape index (κ2) is 8.32. The number of nitrogens with one attached hydrogen (secondary N) is 1. The number of amides is 2. The van der Waals surface area contributed by atoms with Crippen LogP contribution in [0.3, 0.4) is 0 Å². The van der Waals surface area contributed by atoms with Gasteiger partial charge >= 0.3 is 0 Å². The molecule has 0 aliphatic carbocycles. The Morgan fingerprint density at radius 2 is 1.96 bits per heavy atom. The van der Waals surface area contributed by atoms with Gasteiger partial charge in [0.2, 0.25) is 11.8 Å². The Balaban J connectivity index is 2.06. The number of nitrogens with zero attached hydrogens (tertiary/aromatic N) is 2. The van der Waals surface area contributed by atoms with Crippen molar-refractivity contribution in [3.05, 3.63) is 58.6 Å². The molecule has 0 atom stereocenters. The molecule has 0 aliphatic rings. The second-order valence-corrected chi connectivity index (χ2v) is 5.97. The maximum absolute atomic E-state index is 12.2. The predicted octanol–water partition coefficient (Wildman–Crippen LogP) is 3.90. The number of rotatable bonds is 5. The van der Waals surface area contributed by atoms with Crippen molar-refractivity contribution in [2.24, 2.45) is 0 Å². The third kappa shape index (κ3) is 4.82. The molecule has 1 N–H and O–H groups in total. The van der Waals surface area contributed by atoms with Crippen LogP contribution in [0, 0.1) is 18.3 Å². The molecular weight excluding hydrogens is 338 g/mol. The Labute approximate surface area is 151 Å². The molecule has 2 aromatic rings. The molecule has 0 saturated carbocycles. The fourth-order valence-electron chi connectivity index (χ4n) is 2.33. The van der Waals surface area contributed by atoms with Crippen LogP contribution in [0.5, 0.6) is 0 Å². The van der Waals surface area contributed by atoms with Gasteiger partial charge in [-0.1, -0.05) is 29.8 Å². The van der Waals surface area contributed by atoms with E-state index in [4.69, 9.17) is 16.9 Å². The van der Waals surface area contributed by atoms with E-state index in [1.54, 1.807) is 36.4 Å². The highest BCUT2D eigenvalue weighted by atomic mass is 35.5. The van der Waals surface area contributed by atoms with E-state index in [1.807, 2.05) is 19.1 Å². The van der Waals surface area contributed by atoms with E-state index in [-0.39, 0.29) is 24.8 Å². The Morgan fingerprint density at radius 1 is 1.24 bits per heavy atom. The highest BCUT2D eigenvalue weighted by Gasteiger charge is 2.15. The Bertz CT molecular complexity index is 843. The van der Waals surface area contributed by atoms with Gasteiger partial charge in [0.25, 0.3) is 0 Å². The molecule has 0 heterocycles. The van der Waals surface area contributed by atoms with Crippen LogP contribution in [0.15, 0.2) is 42.5 Å². The van der Waals surface area contributed by atoms with Crippen molar-refractivity contribution in [1.82, 2.24) is 0 Å². The number of anilines is 2. The fourth-order valence-corrected chi connectivity index (χ4v) is 2.51. The zero-order valence-corrected chi connectivity index (χ0v) is 14.8. The molecule has 0 bridgehead atoms. The summed E-state index contributed by atoms with van der Waals surface area (Å²) in [7, 11) is 0. The fraction of sp³-hybridized carbons (Fsp3) is 0.211. The van der Waals surface area contributed by atoms with Gasteiger partial charge in [0.05, 0.1) is 11.3 Å². The maximum Gasteiger partial charge on any atom is 0.226 e. The Hall–Kier alpha value is -2.84. The standard InChI is InChI=1S/C19H18ClN3O2/c1-13-7-8-16(11-17(13)20)23(14(2)24)10-9-19(25)22-18-6-4-3-5-15(18)12-21/h3-8,11H,9-10H2,1-2H3,(H,22,25). The first-order valence-corrected chi connectivity index (χ1v) is 8.13. The maximum atomic E-state index is 12.2. The van der Waals surface area contributed by atoms with Gasteiger partial charge in [-0.15, -0.1) is 0 Å². The van der Waals surface area contributed by atoms with Gasteiger partial charge in [0.1, 0.15) is 6.07 Å². The molecule has 6 heteroatoms. The van der Waals surface area contributed by atoms with Crippen LogP contribution in [0.4, 0.5) is 11.4 Å². The summed E-state index contributed by atoms with van der Waals surface area (Å²) in [6.07, 6.45) is 0.102. The minimum atomic E-state index is -0.271. The molecule has 25 heavy (non-hydrogen) atoms. The topological polar surface area (TPSA) is 73.2 Å². The average Bonchev–Trinajstić information content (AvgIpc) is 2.58. The SMILES string of the molecule is CC(=O)N(CCC(=O)Nc1ccccc1C#N)c1ccc(C)c(Cl)c1. The first-order valence-electron chi connectivity index (χ1n) is 7.75. The van der Waals surface area contributed by atoms with Crippen LogP contribution in [-0.2, 0) is 9.59 Å². The molecule has 0 aliphatic heterocycles. The monoisotopic (exact) mass is 355 g/mol. The number of carbonyl (C=O) groups is 2. The van der Waals surface area contributed by atoms with Gasteiger partial charge in [-0.3, -0.25) is 9.59 Å². The van der Waals surface area contributed by atoms with Crippen molar-refractivity contribution in [3.63, 3.8) is 0 Å². The number of aryl methyl sites for hydroxylation is 1. The number of hydrogen-bond donors (Lipinski definition) is 1. The smallest absolute Gasteiger partial charge is 0.226 e. The molecule has 128 valence electrons. The van der Waals surface area contributed by atoms with Crippen molar-refractivity contribution >= 4 is 34.8 Å². The lowest BCUT2D eigenvalue weighted by atomic mass is 10.2. The first kappa shape index (κ1) is 18.5. The van der Waals surface area contributed by atoms with E-state index in [0.29, 0.717) is 22.0 Å². The second-order valence-electron chi connectivity index (χ2n) is 5.56. The van der Waals surface area contributed by atoms with E-state index in [1.165, 1.54) is 11.8 Å². The first-order chi connectivity index (χ1) is 11.9. The molecule has 0 saturated heterocycles. The quantitative estimate of drug-likeness (QED) is 0.883. The highest BCUT2D eigenvalue weighted by Crippen LogP contribution is 2.23. The number of nitriles is 1. The van der Waals surface area contributed by atoms with Crippen LogP contribution in [0.25, 0.3) is 0 Å². The summed E-state index contributed by atoms with van der Waals surface area (Å²) in [5.74, 6) is -0.447. The third-order valence-electron chi connectivity index (χ3n) is 3.73. The molecular formula is C19H18ClN3O2. The molecule has 0 aromatic heterocycles. The third-order valence-corrected chi connectivity index (χ3v) is 4.14. The van der Waals surface area contributed by atoms with E-state index in [2.05, 4.69) is 5.32 Å². The Morgan fingerprint density at radius 3 is 2.60 bits per heavy atom. The number of para-hydroxylation sites is 1. The van der Waals surface area contributed by atoms with Gasteiger partial charge in [-0.2, -0.15) is 5.26 Å². The predicted molar refractivity (Wildman–Crippen MR) is 98.6 cm³/mol. The van der Waals surface area contributed by atoms with Crippen molar-refractivity contribution in [2.45, 2.75) is 20.3 Å². The summed E-state index contributed by atoms with van der Waals surface area (Å²) >= 11 is 6.12. The summed E-state index contributed by atoms with van der Waals surface area (Å²) < 4.78 is 0. The summed E-state index contributed by atoms with van der Waals surface area (Å²) in [6, 6.07) is 14.1. The van der Waals surface area contributed by atoms with E-state index >= 15 is 0 Å². The summed E-state index contributed by atoms with van der Waals surface area (Å²) in [5, 5.41) is 12.3. The lowest BCUT2D eigenvalue weighted by molar-refractivity contribution is -0.117. The molecule has 2 aromatic carbocycles. The van der Waals surface area contributed by atoms with E-state index in [9.17, 15) is 9.59 Å². The van der Waals surface area contributed by atoms with Crippen LogP contribution >= 0.6 is 11.6 Å². The molecule has 0 fully saturated rings. The minimum absolute atomic E-state index is 0.102. The molecule has 0 spiro atoms. The van der Waals surface area contributed by atoms with E-state index in [0.717, 1.165) is 5.56 Å². The molecule has 2 rings (SSSR count). The van der Waals surface area contributed by atoms with Crippen LogP contribution in [0.1, 0.15) is 24.5 Å². The lowest BCUT2D eigenvalue weighted by Crippen LogP contribution is -2.32. The molecule has 0 unspecified atom stereocenters. The van der Waals surface area contributed by atoms with Crippen LogP contribution < -0.4 is 10.2 Å². The van der Waals surface area contributed by atoms with Crippen molar-refractivity contribution in [1.29, 1.82) is 5.26 Å². The molecule has 0 radical (unpaired) electrons. The number of benzene rings is 2. The van der Waals surface area contributed by atoms with E-state index < -0.39 is 0 Å².